The van der Waals surface area contributed by atoms with Crippen molar-refractivity contribution in [2.75, 3.05) is 26.2 Å². The van der Waals surface area contributed by atoms with Gasteiger partial charge in [0.05, 0.1) is 0 Å². The van der Waals surface area contributed by atoms with Crippen molar-refractivity contribution in [1.29, 1.82) is 0 Å². The van der Waals surface area contributed by atoms with Gasteiger partial charge in [0.25, 0.3) is 0 Å². The number of fused-ring (bicyclic) bond motifs is 1. The van der Waals surface area contributed by atoms with Crippen LogP contribution in [0.15, 0.2) is 0 Å². The molecule has 3 aliphatic rings. The molecule has 0 radical (unpaired) electrons. The van der Waals surface area contributed by atoms with Gasteiger partial charge in [0.2, 0.25) is 0 Å². The van der Waals surface area contributed by atoms with Crippen LogP contribution in [-0.4, -0.2) is 48.1 Å². The van der Waals surface area contributed by atoms with Crippen LogP contribution in [0.2, 0.25) is 0 Å². The molecule has 2 atom stereocenters. The first-order chi connectivity index (χ1) is 8.34. The molecule has 2 nitrogen and oxygen atoms in total. The number of piperazine rings is 1. The Morgan fingerprint density at radius 2 is 1.71 bits per heavy atom. The lowest BCUT2D eigenvalue weighted by Gasteiger charge is -2.43. The van der Waals surface area contributed by atoms with Crippen LogP contribution in [0.25, 0.3) is 0 Å². The van der Waals surface area contributed by atoms with E-state index >= 15 is 0 Å². The molecule has 98 valence electrons. The van der Waals surface area contributed by atoms with Gasteiger partial charge >= 0.3 is 0 Å². The molecule has 3 fully saturated rings. The number of hydrogen-bond donors (Lipinski definition) is 0. The van der Waals surface area contributed by atoms with Gasteiger partial charge in [-0.05, 0) is 45.1 Å². The molecule has 2 heterocycles. The molecule has 17 heavy (non-hydrogen) atoms. The summed E-state index contributed by atoms with van der Waals surface area (Å²) in [5.41, 5.74) is 0. The Bertz CT molecular complexity index is 247. The van der Waals surface area contributed by atoms with E-state index < -0.39 is 0 Å². The summed E-state index contributed by atoms with van der Waals surface area (Å²) in [7, 11) is 0. The second-order valence-corrected chi connectivity index (χ2v) is 6.47. The van der Waals surface area contributed by atoms with E-state index in [9.17, 15) is 0 Å². The largest absolute Gasteiger partial charge is 0.298 e. The summed E-state index contributed by atoms with van der Waals surface area (Å²) >= 11 is 0. The van der Waals surface area contributed by atoms with Gasteiger partial charge in [-0.1, -0.05) is 19.3 Å². The molecule has 2 unspecified atom stereocenters. The molecular formula is C15H28N2. The summed E-state index contributed by atoms with van der Waals surface area (Å²) in [6.45, 7) is 7.89. The van der Waals surface area contributed by atoms with Crippen LogP contribution in [0.5, 0.6) is 0 Å². The van der Waals surface area contributed by atoms with Crippen molar-refractivity contribution in [3.05, 3.63) is 0 Å². The van der Waals surface area contributed by atoms with Gasteiger partial charge in [0, 0.05) is 31.7 Å². The third-order valence-electron chi connectivity index (χ3n) is 5.53. The molecule has 2 heteroatoms. The molecule has 0 N–H and O–H groups in total. The summed E-state index contributed by atoms with van der Waals surface area (Å²) in [4.78, 5) is 5.53. The molecule has 2 saturated heterocycles. The Balaban J connectivity index is 1.56. The van der Waals surface area contributed by atoms with Crippen LogP contribution in [0.3, 0.4) is 0 Å². The number of nitrogens with zero attached hydrogens (tertiary/aromatic N) is 2. The van der Waals surface area contributed by atoms with E-state index in [-0.39, 0.29) is 0 Å². The average Bonchev–Trinajstić information content (AvgIpc) is 2.86. The average molecular weight is 236 g/mol. The Morgan fingerprint density at radius 3 is 2.53 bits per heavy atom. The zero-order valence-electron chi connectivity index (χ0n) is 11.4. The van der Waals surface area contributed by atoms with Gasteiger partial charge in [-0.2, -0.15) is 0 Å². The highest BCUT2D eigenvalue weighted by Gasteiger charge is 2.34. The maximum atomic E-state index is 2.81. The van der Waals surface area contributed by atoms with E-state index in [0.29, 0.717) is 0 Å². The number of rotatable bonds is 2. The first-order valence-electron chi connectivity index (χ1n) is 7.82. The quantitative estimate of drug-likeness (QED) is 0.727. The van der Waals surface area contributed by atoms with Crippen LogP contribution in [0, 0.1) is 5.92 Å². The highest BCUT2D eigenvalue weighted by Crippen LogP contribution is 2.31. The van der Waals surface area contributed by atoms with Gasteiger partial charge in [-0.15, -0.1) is 0 Å². The van der Waals surface area contributed by atoms with Crippen molar-refractivity contribution in [3.8, 4) is 0 Å². The molecular weight excluding hydrogens is 208 g/mol. The van der Waals surface area contributed by atoms with Crippen LogP contribution in [0.1, 0.15) is 51.9 Å². The zero-order valence-corrected chi connectivity index (χ0v) is 11.4. The van der Waals surface area contributed by atoms with Crippen molar-refractivity contribution in [3.63, 3.8) is 0 Å². The van der Waals surface area contributed by atoms with Crippen LogP contribution in [-0.2, 0) is 0 Å². The van der Waals surface area contributed by atoms with Crippen LogP contribution < -0.4 is 0 Å². The standard InChI is InChI=1S/C15H28N2/c1-13(14-6-3-2-4-7-14)17-11-10-16-9-5-8-15(16)12-17/h13-15H,2-12H2,1H3. The lowest BCUT2D eigenvalue weighted by molar-refractivity contribution is 0.0473. The Kier molecular flexibility index (Phi) is 3.72. The molecule has 0 bridgehead atoms. The van der Waals surface area contributed by atoms with Gasteiger partial charge < -0.3 is 0 Å². The predicted molar refractivity (Wildman–Crippen MR) is 72.2 cm³/mol. The zero-order chi connectivity index (χ0) is 11.7. The minimum atomic E-state index is 0.845. The minimum Gasteiger partial charge on any atom is -0.298 e. The van der Waals surface area contributed by atoms with Crippen LogP contribution >= 0.6 is 0 Å². The first-order valence-corrected chi connectivity index (χ1v) is 7.82. The Labute approximate surface area is 106 Å². The smallest absolute Gasteiger partial charge is 0.0224 e. The number of hydrogen-bond acceptors (Lipinski definition) is 2. The lowest BCUT2D eigenvalue weighted by Crippen LogP contribution is -2.54. The van der Waals surface area contributed by atoms with Gasteiger partial charge in [-0.3, -0.25) is 9.80 Å². The van der Waals surface area contributed by atoms with E-state index in [1.807, 2.05) is 0 Å². The second kappa shape index (κ2) is 5.27. The van der Waals surface area contributed by atoms with Gasteiger partial charge in [0.15, 0.2) is 0 Å². The lowest BCUT2D eigenvalue weighted by atomic mass is 9.83. The third kappa shape index (κ3) is 2.53. The fourth-order valence-electron chi connectivity index (χ4n) is 4.30. The molecule has 1 aliphatic carbocycles. The SMILES string of the molecule is CC(C1CCCCC1)N1CCN2CCCC2C1. The Morgan fingerprint density at radius 1 is 0.882 bits per heavy atom. The van der Waals surface area contributed by atoms with E-state index in [2.05, 4.69) is 16.7 Å². The topological polar surface area (TPSA) is 6.48 Å². The van der Waals surface area contributed by atoms with Gasteiger partial charge in [-0.25, -0.2) is 0 Å². The van der Waals surface area contributed by atoms with Crippen molar-refractivity contribution in [2.24, 2.45) is 5.92 Å². The summed E-state index contributed by atoms with van der Waals surface area (Å²) in [5, 5.41) is 0. The van der Waals surface area contributed by atoms with E-state index in [4.69, 9.17) is 0 Å². The summed E-state index contributed by atoms with van der Waals surface area (Å²) in [6, 6.07) is 1.74. The molecule has 0 aromatic rings. The minimum absolute atomic E-state index is 0.845. The van der Waals surface area contributed by atoms with Crippen molar-refractivity contribution in [1.82, 2.24) is 9.80 Å². The maximum Gasteiger partial charge on any atom is 0.0224 e. The molecule has 0 aromatic carbocycles. The predicted octanol–water partition coefficient (Wildman–Crippen LogP) is 2.74. The van der Waals surface area contributed by atoms with E-state index in [1.165, 1.54) is 71.1 Å². The monoisotopic (exact) mass is 236 g/mol. The first kappa shape index (κ1) is 12.0. The summed E-state index contributed by atoms with van der Waals surface area (Å²) < 4.78 is 0. The summed E-state index contributed by atoms with van der Waals surface area (Å²) in [6.07, 6.45) is 10.3. The van der Waals surface area contributed by atoms with Crippen molar-refractivity contribution < 1.29 is 0 Å². The highest BCUT2D eigenvalue weighted by molar-refractivity contribution is 4.90. The van der Waals surface area contributed by atoms with E-state index in [1.54, 1.807) is 0 Å². The Hall–Kier alpha value is -0.0800. The molecule has 3 rings (SSSR count). The molecule has 0 spiro atoms. The molecule has 0 aromatic heterocycles. The second-order valence-electron chi connectivity index (χ2n) is 6.47. The van der Waals surface area contributed by atoms with Crippen molar-refractivity contribution in [2.45, 2.75) is 64.0 Å². The molecule has 0 amide bonds. The molecule has 1 saturated carbocycles. The fourth-order valence-corrected chi connectivity index (χ4v) is 4.30. The van der Waals surface area contributed by atoms with Gasteiger partial charge in [0.1, 0.15) is 0 Å². The van der Waals surface area contributed by atoms with Crippen LogP contribution in [0.4, 0.5) is 0 Å². The molecule has 2 aliphatic heterocycles. The van der Waals surface area contributed by atoms with E-state index in [0.717, 1.165) is 18.0 Å². The van der Waals surface area contributed by atoms with Crippen molar-refractivity contribution >= 4 is 0 Å². The highest BCUT2D eigenvalue weighted by atomic mass is 15.3. The third-order valence-corrected chi connectivity index (χ3v) is 5.53. The normalized spacial score (nSPS) is 34.8. The fraction of sp³-hybridized carbons (Fsp3) is 1.00. The summed E-state index contributed by atoms with van der Waals surface area (Å²) in [5.74, 6) is 0.997. The maximum absolute atomic E-state index is 2.81.